The normalized spacial score (nSPS) is 12.5. The Bertz CT molecular complexity index is 377. The summed E-state index contributed by atoms with van der Waals surface area (Å²) in [5.74, 6) is 0.837. The van der Waals surface area contributed by atoms with Crippen molar-refractivity contribution in [1.82, 2.24) is 0 Å². The van der Waals surface area contributed by atoms with Gasteiger partial charge in [0.1, 0.15) is 0 Å². The molecule has 0 spiro atoms. The van der Waals surface area contributed by atoms with Gasteiger partial charge in [0.15, 0.2) is 0 Å². The van der Waals surface area contributed by atoms with E-state index in [2.05, 4.69) is 37.0 Å². The van der Waals surface area contributed by atoms with Crippen molar-refractivity contribution in [2.24, 2.45) is 5.92 Å². The number of unbranched alkanes of at least 4 members (excludes halogenated alkanes) is 2. The lowest BCUT2D eigenvalue weighted by Gasteiger charge is -1.97. The summed E-state index contributed by atoms with van der Waals surface area (Å²) < 4.78 is 0. The number of aliphatic carboxylic acids is 1. The van der Waals surface area contributed by atoms with Crippen LogP contribution in [0.3, 0.4) is 0 Å². The number of carboxylic acids is 1. The SMILES string of the molecule is CCCC/C=C\C/C=C\CSCC=C=CCC(C)C(=O)O. The van der Waals surface area contributed by atoms with Gasteiger partial charge >= 0.3 is 5.97 Å². The molecule has 118 valence electrons. The molecule has 0 aromatic rings. The average Bonchev–Trinajstić information content (AvgIpc) is 2.47. The van der Waals surface area contributed by atoms with Crippen LogP contribution >= 0.6 is 11.8 Å². The average molecular weight is 308 g/mol. The van der Waals surface area contributed by atoms with E-state index < -0.39 is 5.97 Å². The van der Waals surface area contributed by atoms with Gasteiger partial charge in [-0.1, -0.05) is 51.0 Å². The van der Waals surface area contributed by atoms with Crippen molar-refractivity contribution < 1.29 is 9.90 Å². The minimum Gasteiger partial charge on any atom is -0.481 e. The van der Waals surface area contributed by atoms with Gasteiger partial charge in [-0.3, -0.25) is 4.79 Å². The smallest absolute Gasteiger partial charge is 0.306 e. The molecular weight excluding hydrogens is 280 g/mol. The quantitative estimate of drug-likeness (QED) is 0.304. The molecule has 0 heterocycles. The first kappa shape index (κ1) is 19.8. The summed E-state index contributed by atoms with van der Waals surface area (Å²) >= 11 is 1.83. The number of carbonyl (C=O) groups is 1. The fourth-order valence-corrected chi connectivity index (χ4v) is 2.07. The third kappa shape index (κ3) is 15.0. The van der Waals surface area contributed by atoms with Gasteiger partial charge in [0, 0.05) is 11.5 Å². The minimum atomic E-state index is -0.753. The molecule has 0 aliphatic heterocycles. The van der Waals surface area contributed by atoms with E-state index in [-0.39, 0.29) is 5.92 Å². The van der Waals surface area contributed by atoms with Crippen LogP contribution in [-0.4, -0.2) is 22.6 Å². The maximum atomic E-state index is 10.6. The Morgan fingerprint density at radius 3 is 2.67 bits per heavy atom. The number of carboxylic acid groups (broad SMARTS) is 1. The van der Waals surface area contributed by atoms with Gasteiger partial charge in [0.05, 0.1) is 5.92 Å². The highest BCUT2D eigenvalue weighted by atomic mass is 32.2. The predicted octanol–water partition coefficient (Wildman–Crippen LogP) is 5.23. The maximum absolute atomic E-state index is 10.6. The van der Waals surface area contributed by atoms with Crippen LogP contribution in [0.4, 0.5) is 0 Å². The first-order valence-electron chi connectivity index (χ1n) is 7.68. The van der Waals surface area contributed by atoms with E-state index in [0.29, 0.717) is 6.42 Å². The van der Waals surface area contributed by atoms with Gasteiger partial charge in [-0.05, 0) is 31.4 Å². The van der Waals surface area contributed by atoms with Crippen LogP contribution in [0.15, 0.2) is 42.2 Å². The summed E-state index contributed by atoms with van der Waals surface area (Å²) in [7, 11) is 0. The fraction of sp³-hybridized carbons (Fsp3) is 0.556. The number of hydrogen-bond acceptors (Lipinski definition) is 2. The van der Waals surface area contributed by atoms with Crippen molar-refractivity contribution in [3.8, 4) is 0 Å². The number of rotatable bonds is 12. The van der Waals surface area contributed by atoms with Crippen LogP contribution in [0.25, 0.3) is 0 Å². The summed E-state index contributed by atoms with van der Waals surface area (Å²) in [5.41, 5.74) is 3.03. The van der Waals surface area contributed by atoms with E-state index in [1.165, 1.54) is 19.3 Å². The molecule has 0 aliphatic carbocycles. The lowest BCUT2D eigenvalue weighted by Crippen LogP contribution is -2.07. The van der Waals surface area contributed by atoms with Crippen LogP contribution in [-0.2, 0) is 4.79 Å². The third-order valence-electron chi connectivity index (χ3n) is 2.87. The van der Waals surface area contributed by atoms with Crippen molar-refractivity contribution in [1.29, 1.82) is 0 Å². The predicted molar refractivity (Wildman–Crippen MR) is 93.8 cm³/mol. The van der Waals surface area contributed by atoms with Gasteiger partial charge in [0.2, 0.25) is 0 Å². The van der Waals surface area contributed by atoms with Crippen molar-refractivity contribution >= 4 is 17.7 Å². The van der Waals surface area contributed by atoms with E-state index in [1.54, 1.807) is 13.0 Å². The Morgan fingerprint density at radius 1 is 1.19 bits per heavy atom. The molecule has 0 aliphatic rings. The molecule has 1 N–H and O–H groups in total. The van der Waals surface area contributed by atoms with Crippen molar-refractivity contribution in [3.63, 3.8) is 0 Å². The van der Waals surface area contributed by atoms with E-state index in [4.69, 9.17) is 5.11 Å². The molecule has 21 heavy (non-hydrogen) atoms. The standard InChI is InChI=1S/C18H28O2S/c1-3-4-5-6-7-8-9-12-15-21-16-13-10-11-14-17(2)18(19)20/h6-7,9,11-13,17H,3-5,8,14-16H2,1-2H3,(H,19,20)/b7-6-,12-9-. The molecule has 0 bridgehead atoms. The van der Waals surface area contributed by atoms with Gasteiger partial charge in [-0.25, -0.2) is 0 Å². The van der Waals surface area contributed by atoms with Crippen LogP contribution in [0, 0.1) is 5.92 Å². The Hall–Kier alpha value is -1.18. The fourth-order valence-electron chi connectivity index (χ4n) is 1.45. The molecule has 0 aromatic carbocycles. The minimum absolute atomic E-state index is 0.327. The van der Waals surface area contributed by atoms with Crippen molar-refractivity contribution in [3.05, 3.63) is 42.2 Å². The molecular formula is C18H28O2S. The Labute approximate surface area is 133 Å². The second kappa shape index (κ2) is 15.2. The molecule has 1 unspecified atom stereocenters. The van der Waals surface area contributed by atoms with Gasteiger partial charge in [0.25, 0.3) is 0 Å². The summed E-state index contributed by atoms with van der Waals surface area (Å²) in [6.45, 7) is 3.91. The first-order valence-corrected chi connectivity index (χ1v) is 8.83. The zero-order valence-corrected chi connectivity index (χ0v) is 14.1. The highest BCUT2D eigenvalue weighted by Crippen LogP contribution is 2.03. The molecule has 0 saturated heterocycles. The van der Waals surface area contributed by atoms with E-state index in [9.17, 15) is 4.79 Å². The van der Waals surface area contributed by atoms with Crippen LogP contribution in [0.5, 0.6) is 0 Å². The van der Waals surface area contributed by atoms with Crippen LogP contribution in [0.1, 0.15) is 46.0 Å². The lowest BCUT2D eigenvalue weighted by atomic mass is 10.1. The zero-order chi connectivity index (χ0) is 15.8. The van der Waals surface area contributed by atoms with Crippen molar-refractivity contribution in [2.45, 2.75) is 46.0 Å². The Balaban J connectivity index is 3.52. The topological polar surface area (TPSA) is 37.3 Å². The lowest BCUT2D eigenvalue weighted by molar-refractivity contribution is -0.140. The summed E-state index contributed by atoms with van der Waals surface area (Å²) in [6, 6.07) is 0. The second-order valence-electron chi connectivity index (χ2n) is 4.91. The number of thioether (sulfide) groups is 1. The highest BCUT2D eigenvalue weighted by Gasteiger charge is 2.06. The molecule has 0 radical (unpaired) electrons. The monoisotopic (exact) mass is 308 g/mol. The van der Waals surface area contributed by atoms with Gasteiger partial charge in [-0.15, -0.1) is 5.73 Å². The highest BCUT2D eigenvalue weighted by molar-refractivity contribution is 7.99. The largest absolute Gasteiger partial charge is 0.481 e. The van der Waals surface area contributed by atoms with Crippen LogP contribution in [0.2, 0.25) is 0 Å². The van der Waals surface area contributed by atoms with E-state index in [1.807, 2.05) is 17.8 Å². The Kier molecular flexibility index (Phi) is 14.4. The molecule has 2 nitrogen and oxygen atoms in total. The van der Waals surface area contributed by atoms with Crippen molar-refractivity contribution in [2.75, 3.05) is 11.5 Å². The van der Waals surface area contributed by atoms with Crippen LogP contribution < -0.4 is 0 Å². The van der Waals surface area contributed by atoms with Gasteiger partial charge < -0.3 is 5.11 Å². The summed E-state index contributed by atoms with van der Waals surface area (Å²) in [4.78, 5) is 10.6. The molecule has 0 amide bonds. The number of allylic oxidation sites excluding steroid dienone is 3. The Morgan fingerprint density at radius 2 is 1.95 bits per heavy atom. The first-order chi connectivity index (χ1) is 10.2. The van der Waals surface area contributed by atoms with Gasteiger partial charge in [-0.2, -0.15) is 11.8 Å². The maximum Gasteiger partial charge on any atom is 0.306 e. The second-order valence-corrected chi connectivity index (χ2v) is 5.98. The molecule has 0 saturated carbocycles. The number of hydrogen-bond donors (Lipinski definition) is 1. The molecule has 1 atom stereocenters. The summed E-state index contributed by atoms with van der Waals surface area (Å²) in [5, 5.41) is 8.71. The third-order valence-corrected chi connectivity index (χ3v) is 3.70. The van der Waals surface area contributed by atoms with E-state index in [0.717, 1.165) is 17.9 Å². The molecule has 0 rings (SSSR count). The molecule has 0 fully saturated rings. The zero-order valence-electron chi connectivity index (χ0n) is 13.3. The molecule has 3 heteroatoms. The summed E-state index contributed by atoms with van der Waals surface area (Å²) in [6.07, 6.45) is 17.9. The molecule has 0 aromatic heterocycles. The van der Waals surface area contributed by atoms with E-state index >= 15 is 0 Å².